The number of carbonyl (C=O) groups is 1. The molecule has 1 heterocycles. The van der Waals surface area contributed by atoms with E-state index in [0.717, 1.165) is 0 Å². The van der Waals surface area contributed by atoms with Crippen LogP contribution in [0.1, 0.15) is 0 Å². The molecular weight excluding hydrogens is 441 g/mol. The highest BCUT2D eigenvalue weighted by molar-refractivity contribution is 7.70. The summed E-state index contributed by atoms with van der Waals surface area (Å²) in [6.07, 6.45) is 2.71. The van der Waals surface area contributed by atoms with Crippen LogP contribution in [-0.2, 0) is 9.36 Å². The second-order valence-corrected chi connectivity index (χ2v) is 10.5. The summed E-state index contributed by atoms with van der Waals surface area (Å²) in [6.45, 7) is 6.87. The van der Waals surface area contributed by atoms with Crippen molar-refractivity contribution in [1.82, 2.24) is 9.97 Å². The van der Waals surface area contributed by atoms with Crippen molar-refractivity contribution < 1.29 is 18.8 Å². The zero-order valence-corrected chi connectivity index (χ0v) is 19.8. The number of anilines is 5. The van der Waals surface area contributed by atoms with Gasteiger partial charge in [0.15, 0.2) is 11.6 Å². The van der Waals surface area contributed by atoms with Crippen molar-refractivity contribution in [1.29, 1.82) is 0 Å². The molecule has 3 N–H and O–H groups in total. The van der Waals surface area contributed by atoms with Gasteiger partial charge in [0.2, 0.25) is 11.9 Å². The van der Waals surface area contributed by atoms with E-state index < -0.39 is 7.14 Å². The molecule has 0 unspecified atom stereocenters. The van der Waals surface area contributed by atoms with Gasteiger partial charge in [-0.2, -0.15) is 4.98 Å². The van der Waals surface area contributed by atoms with Crippen molar-refractivity contribution in [3.63, 3.8) is 0 Å². The molecule has 0 radical (unpaired) electrons. The van der Waals surface area contributed by atoms with Gasteiger partial charge in [-0.3, -0.25) is 4.79 Å². The lowest BCUT2D eigenvalue weighted by atomic mass is 10.2. The van der Waals surface area contributed by atoms with Gasteiger partial charge < -0.3 is 30.0 Å². The van der Waals surface area contributed by atoms with E-state index in [-0.39, 0.29) is 11.9 Å². The van der Waals surface area contributed by atoms with E-state index in [0.29, 0.717) is 39.7 Å². The van der Waals surface area contributed by atoms with E-state index >= 15 is 0 Å². The number of rotatable bonds is 9. The molecule has 10 heteroatoms. The second kappa shape index (κ2) is 10.2. The quantitative estimate of drug-likeness (QED) is 0.314. The van der Waals surface area contributed by atoms with Crippen molar-refractivity contribution in [3.05, 3.63) is 61.3 Å². The molecule has 3 rings (SSSR count). The predicted octanol–water partition coefficient (Wildman–Crippen LogP) is 4.35. The normalized spacial score (nSPS) is 10.8. The Hall–Kier alpha value is -3.84. The zero-order chi connectivity index (χ0) is 24.0. The third-order valence-corrected chi connectivity index (χ3v) is 6.16. The van der Waals surface area contributed by atoms with Crippen LogP contribution in [0.25, 0.3) is 0 Å². The van der Waals surface area contributed by atoms with Gasteiger partial charge in [0.05, 0.1) is 31.8 Å². The summed E-state index contributed by atoms with van der Waals surface area (Å²) >= 11 is 0. The van der Waals surface area contributed by atoms with Gasteiger partial charge in [-0.1, -0.05) is 18.7 Å². The SMILES string of the molecule is C=CC(=O)Nc1ccc(OC)c(Nc2ncc(OC)c(Nc3ccccc3P(C)(C)=O)n2)c1. The second-order valence-electron chi connectivity index (χ2n) is 7.34. The van der Waals surface area contributed by atoms with Crippen molar-refractivity contribution in [2.45, 2.75) is 0 Å². The van der Waals surface area contributed by atoms with Crippen molar-refractivity contribution in [2.75, 3.05) is 43.5 Å². The Labute approximate surface area is 192 Å². The lowest BCUT2D eigenvalue weighted by molar-refractivity contribution is -0.111. The minimum atomic E-state index is -2.53. The van der Waals surface area contributed by atoms with Crippen LogP contribution in [0.3, 0.4) is 0 Å². The summed E-state index contributed by atoms with van der Waals surface area (Å²) in [7, 11) is 0.519. The molecule has 9 nitrogen and oxygen atoms in total. The van der Waals surface area contributed by atoms with Crippen LogP contribution in [-0.4, -0.2) is 43.4 Å². The number of para-hydroxylation sites is 1. The Morgan fingerprint density at radius 1 is 1.03 bits per heavy atom. The summed E-state index contributed by atoms with van der Waals surface area (Å²) in [5, 5.41) is 9.71. The van der Waals surface area contributed by atoms with Crippen molar-refractivity contribution >= 4 is 47.2 Å². The summed E-state index contributed by atoms with van der Waals surface area (Å²) in [6, 6.07) is 12.5. The van der Waals surface area contributed by atoms with E-state index in [2.05, 4.69) is 32.5 Å². The third-order valence-electron chi connectivity index (χ3n) is 4.61. The van der Waals surface area contributed by atoms with E-state index in [9.17, 15) is 9.36 Å². The van der Waals surface area contributed by atoms with Gasteiger partial charge >= 0.3 is 0 Å². The van der Waals surface area contributed by atoms with Crippen LogP contribution >= 0.6 is 7.14 Å². The van der Waals surface area contributed by atoms with Gasteiger partial charge in [0.25, 0.3) is 0 Å². The Morgan fingerprint density at radius 2 is 1.76 bits per heavy atom. The minimum Gasteiger partial charge on any atom is -0.495 e. The monoisotopic (exact) mass is 467 g/mol. The number of carbonyl (C=O) groups excluding carboxylic acids is 1. The summed E-state index contributed by atoms with van der Waals surface area (Å²) < 4.78 is 23.5. The number of ether oxygens (including phenoxy) is 2. The fourth-order valence-corrected chi connectivity index (χ4v) is 4.20. The van der Waals surface area contributed by atoms with Crippen molar-refractivity contribution in [3.8, 4) is 11.5 Å². The molecule has 1 aromatic heterocycles. The summed E-state index contributed by atoms with van der Waals surface area (Å²) in [5.41, 5.74) is 1.76. The largest absolute Gasteiger partial charge is 0.495 e. The Balaban J connectivity index is 1.96. The first-order chi connectivity index (χ1) is 15.7. The van der Waals surface area contributed by atoms with Crippen LogP contribution in [0, 0.1) is 0 Å². The molecule has 0 fully saturated rings. The first-order valence-corrected chi connectivity index (χ1v) is 12.6. The first-order valence-electron chi connectivity index (χ1n) is 9.96. The average Bonchev–Trinajstić information content (AvgIpc) is 2.79. The van der Waals surface area contributed by atoms with Crippen LogP contribution < -0.4 is 30.7 Å². The maximum Gasteiger partial charge on any atom is 0.247 e. The van der Waals surface area contributed by atoms with Gasteiger partial charge in [-0.05, 0) is 49.7 Å². The van der Waals surface area contributed by atoms with Gasteiger partial charge in [0.1, 0.15) is 12.9 Å². The number of aromatic nitrogens is 2. The van der Waals surface area contributed by atoms with E-state index in [4.69, 9.17) is 9.47 Å². The maximum absolute atomic E-state index is 12.7. The van der Waals surface area contributed by atoms with Crippen LogP contribution in [0.5, 0.6) is 11.5 Å². The van der Waals surface area contributed by atoms with Crippen LogP contribution in [0.2, 0.25) is 0 Å². The molecule has 0 aliphatic carbocycles. The summed E-state index contributed by atoms with van der Waals surface area (Å²) in [5.74, 6) is 1.27. The molecular formula is C23H26N5O4P. The summed E-state index contributed by atoms with van der Waals surface area (Å²) in [4.78, 5) is 20.5. The van der Waals surface area contributed by atoms with E-state index in [1.165, 1.54) is 26.5 Å². The molecule has 172 valence electrons. The molecule has 0 atom stereocenters. The standard InChI is InChI=1S/C23H26N5O4P/c1-6-21(29)25-15-11-12-18(31-2)17(13-15)27-23-24-14-19(32-3)22(28-23)26-16-9-7-8-10-20(16)33(4,5)30/h6-14H,1H2,2-5H3,(H,25,29)(H2,24,26,27,28). The Morgan fingerprint density at radius 3 is 2.42 bits per heavy atom. The molecule has 0 aliphatic rings. The zero-order valence-electron chi connectivity index (χ0n) is 18.9. The number of hydrogen-bond acceptors (Lipinski definition) is 8. The number of amides is 1. The topological polar surface area (TPSA) is 114 Å². The number of nitrogens with one attached hydrogen (secondary N) is 3. The number of methoxy groups -OCH3 is 2. The lowest BCUT2D eigenvalue weighted by Crippen LogP contribution is -2.11. The van der Waals surface area contributed by atoms with Crippen LogP contribution in [0.4, 0.5) is 28.8 Å². The lowest BCUT2D eigenvalue weighted by Gasteiger charge is -2.17. The molecule has 0 saturated carbocycles. The number of benzene rings is 2. The number of nitrogens with zero attached hydrogens (tertiary/aromatic N) is 2. The minimum absolute atomic E-state index is 0.262. The van der Waals surface area contributed by atoms with Gasteiger partial charge in [0, 0.05) is 11.0 Å². The van der Waals surface area contributed by atoms with Gasteiger partial charge in [-0.25, -0.2) is 4.98 Å². The maximum atomic E-state index is 12.7. The predicted molar refractivity (Wildman–Crippen MR) is 133 cm³/mol. The van der Waals surface area contributed by atoms with E-state index in [1.807, 2.05) is 24.3 Å². The number of hydrogen-bond donors (Lipinski definition) is 3. The smallest absolute Gasteiger partial charge is 0.247 e. The molecule has 3 aromatic rings. The molecule has 33 heavy (non-hydrogen) atoms. The highest BCUT2D eigenvalue weighted by Gasteiger charge is 2.18. The molecule has 1 amide bonds. The first kappa shape index (κ1) is 23.8. The Kier molecular flexibility index (Phi) is 7.35. The molecule has 2 aromatic carbocycles. The highest BCUT2D eigenvalue weighted by atomic mass is 31.2. The highest BCUT2D eigenvalue weighted by Crippen LogP contribution is 2.39. The molecule has 0 bridgehead atoms. The van der Waals surface area contributed by atoms with E-state index in [1.54, 1.807) is 31.5 Å². The van der Waals surface area contributed by atoms with Gasteiger partial charge in [-0.15, -0.1) is 0 Å². The fraction of sp³-hybridized carbons (Fsp3) is 0.174. The fourth-order valence-electron chi connectivity index (χ4n) is 3.04. The molecule has 0 aliphatic heterocycles. The van der Waals surface area contributed by atoms with Crippen molar-refractivity contribution in [2.24, 2.45) is 0 Å². The average molecular weight is 467 g/mol. The molecule has 0 spiro atoms. The molecule has 0 saturated heterocycles. The Bertz CT molecular complexity index is 1230. The van der Waals surface area contributed by atoms with Crippen LogP contribution in [0.15, 0.2) is 61.3 Å². The third kappa shape index (κ3) is 5.90.